The average molecular weight is 459 g/mol. The highest BCUT2D eigenvalue weighted by molar-refractivity contribution is 5.97. The molecule has 2 aromatic heterocycles. The van der Waals surface area contributed by atoms with Crippen molar-refractivity contribution in [2.75, 3.05) is 11.9 Å². The van der Waals surface area contributed by atoms with Crippen LogP contribution in [0.15, 0.2) is 35.3 Å². The number of aromatic nitrogens is 3. The molecule has 7 nitrogen and oxygen atoms in total. The van der Waals surface area contributed by atoms with E-state index in [0.29, 0.717) is 34.8 Å². The van der Waals surface area contributed by atoms with Gasteiger partial charge in [0.1, 0.15) is 11.4 Å². The molecule has 1 aliphatic heterocycles. The van der Waals surface area contributed by atoms with Gasteiger partial charge in [-0.25, -0.2) is 0 Å². The third-order valence-corrected chi connectivity index (χ3v) is 6.41. The first-order valence-corrected chi connectivity index (χ1v) is 11.1. The number of carbonyl (C=O) groups is 1. The molecule has 1 amide bonds. The van der Waals surface area contributed by atoms with Crippen molar-refractivity contribution in [3.05, 3.63) is 51.9 Å². The number of amides is 1. The van der Waals surface area contributed by atoms with E-state index >= 15 is 0 Å². The van der Waals surface area contributed by atoms with Crippen LogP contribution < -0.4 is 10.9 Å². The van der Waals surface area contributed by atoms with Crippen molar-refractivity contribution in [2.45, 2.75) is 51.4 Å². The maximum atomic E-state index is 13.3. The van der Waals surface area contributed by atoms with E-state index in [4.69, 9.17) is 0 Å². The maximum absolute atomic E-state index is 13.3. The summed E-state index contributed by atoms with van der Waals surface area (Å²) in [6.07, 6.45) is -0.285. The number of H-pyrrole nitrogens is 1. The maximum Gasteiger partial charge on any atom is 0.408 e. The van der Waals surface area contributed by atoms with Crippen molar-refractivity contribution in [1.29, 1.82) is 0 Å². The fraction of sp³-hybridized carbons (Fsp3) is 0.435. The van der Waals surface area contributed by atoms with Crippen LogP contribution in [0.2, 0.25) is 0 Å². The van der Waals surface area contributed by atoms with Crippen LogP contribution in [0.1, 0.15) is 41.6 Å². The van der Waals surface area contributed by atoms with Gasteiger partial charge in [0, 0.05) is 30.5 Å². The van der Waals surface area contributed by atoms with E-state index in [1.807, 2.05) is 10.7 Å². The summed E-state index contributed by atoms with van der Waals surface area (Å²) in [5.41, 5.74) is 1.86. The number of benzene rings is 1. The number of alkyl halides is 3. The number of aryl methyl sites for hydroxylation is 1. The van der Waals surface area contributed by atoms with Crippen LogP contribution >= 0.6 is 0 Å². The van der Waals surface area contributed by atoms with Gasteiger partial charge in [0.25, 0.3) is 11.5 Å². The minimum Gasteiger partial charge on any atom is -0.338 e. The second-order valence-corrected chi connectivity index (χ2v) is 8.89. The highest BCUT2D eigenvalue weighted by Crippen LogP contribution is 2.35. The molecule has 174 valence electrons. The lowest BCUT2D eigenvalue weighted by atomic mass is 10.1. The van der Waals surface area contributed by atoms with Gasteiger partial charge in [-0.3, -0.25) is 14.3 Å². The molecule has 1 aromatic carbocycles. The van der Waals surface area contributed by atoms with E-state index in [1.165, 1.54) is 6.07 Å². The quantitative estimate of drug-likeness (QED) is 0.594. The Hall–Kier alpha value is -3.30. The van der Waals surface area contributed by atoms with E-state index in [-0.39, 0.29) is 24.1 Å². The molecule has 1 atom stereocenters. The van der Waals surface area contributed by atoms with Gasteiger partial charge in [-0.15, -0.1) is 0 Å². The fourth-order valence-electron chi connectivity index (χ4n) is 4.53. The third-order valence-electron chi connectivity index (χ3n) is 6.41. The Kier molecular flexibility index (Phi) is 5.18. The lowest BCUT2D eigenvalue weighted by molar-refractivity contribution is -0.169. The van der Waals surface area contributed by atoms with Crippen LogP contribution in [-0.2, 0) is 6.54 Å². The van der Waals surface area contributed by atoms with E-state index < -0.39 is 18.1 Å². The van der Waals surface area contributed by atoms with Crippen LogP contribution in [0.3, 0.4) is 0 Å². The minimum atomic E-state index is -4.44. The fourth-order valence-corrected chi connectivity index (χ4v) is 4.53. The highest BCUT2D eigenvalue weighted by Gasteiger charge is 2.47. The number of halogens is 3. The zero-order chi connectivity index (χ0) is 23.3. The van der Waals surface area contributed by atoms with Crippen LogP contribution in [0.4, 0.5) is 24.7 Å². The predicted octanol–water partition coefficient (Wildman–Crippen LogP) is 4.35. The molecule has 3 heterocycles. The Bertz CT molecular complexity index is 1280. The van der Waals surface area contributed by atoms with E-state index in [1.54, 1.807) is 25.3 Å². The van der Waals surface area contributed by atoms with Crippen molar-refractivity contribution in [1.82, 2.24) is 19.7 Å². The number of nitrogens with one attached hydrogen (secondary N) is 2. The second-order valence-electron chi connectivity index (χ2n) is 8.89. The molecular formula is C23H24F3N5O2. The lowest BCUT2D eigenvalue weighted by Crippen LogP contribution is -2.44. The number of nitrogens with zero attached hydrogens (tertiary/aromatic N) is 3. The van der Waals surface area contributed by atoms with E-state index in [0.717, 1.165) is 29.8 Å². The van der Waals surface area contributed by atoms with Crippen molar-refractivity contribution in [3.63, 3.8) is 0 Å². The van der Waals surface area contributed by atoms with Gasteiger partial charge in [0.05, 0.1) is 5.52 Å². The zero-order valence-corrected chi connectivity index (χ0v) is 18.1. The summed E-state index contributed by atoms with van der Waals surface area (Å²) < 4.78 is 41.7. The summed E-state index contributed by atoms with van der Waals surface area (Å²) in [7, 11) is 0. The number of hydrogen-bond donors (Lipinski definition) is 2. The molecule has 1 saturated heterocycles. The first-order valence-electron chi connectivity index (χ1n) is 11.1. The van der Waals surface area contributed by atoms with Gasteiger partial charge in [-0.1, -0.05) is 0 Å². The first kappa shape index (κ1) is 21.5. The van der Waals surface area contributed by atoms with Gasteiger partial charge in [0.15, 0.2) is 5.82 Å². The number of fused-ring (bicyclic) bond motifs is 1. The number of aromatic amines is 1. The zero-order valence-electron chi connectivity index (χ0n) is 18.1. The van der Waals surface area contributed by atoms with Crippen LogP contribution in [-0.4, -0.2) is 44.3 Å². The molecule has 0 unspecified atom stereocenters. The van der Waals surface area contributed by atoms with Crippen LogP contribution in [0.25, 0.3) is 10.9 Å². The molecule has 2 N–H and O–H groups in total. The van der Waals surface area contributed by atoms with E-state index in [9.17, 15) is 22.8 Å². The smallest absolute Gasteiger partial charge is 0.338 e. The van der Waals surface area contributed by atoms with Gasteiger partial charge < -0.3 is 15.2 Å². The molecule has 33 heavy (non-hydrogen) atoms. The predicted molar refractivity (Wildman–Crippen MR) is 118 cm³/mol. The molecule has 3 aromatic rings. The van der Waals surface area contributed by atoms with Crippen molar-refractivity contribution >= 4 is 28.3 Å². The Balaban J connectivity index is 1.42. The largest absolute Gasteiger partial charge is 0.408 e. The number of carbonyl (C=O) groups excluding carboxylic acids is 1. The van der Waals surface area contributed by atoms with E-state index in [2.05, 4.69) is 15.4 Å². The lowest BCUT2D eigenvalue weighted by Gasteiger charge is -2.27. The van der Waals surface area contributed by atoms with Gasteiger partial charge in [-0.2, -0.15) is 18.3 Å². The number of likely N-dealkylation sites (tertiary alicyclic amines) is 1. The molecule has 2 fully saturated rings. The minimum absolute atomic E-state index is 0.0704. The van der Waals surface area contributed by atoms with Gasteiger partial charge >= 0.3 is 6.18 Å². The summed E-state index contributed by atoms with van der Waals surface area (Å²) in [6.45, 7) is 2.52. The topological polar surface area (TPSA) is 83.0 Å². The third kappa shape index (κ3) is 4.09. The van der Waals surface area contributed by atoms with Crippen molar-refractivity contribution in [2.24, 2.45) is 5.92 Å². The van der Waals surface area contributed by atoms with Crippen molar-refractivity contribution in [3.8, 4) is 0 Å². The SMILES string of the molecule is Cc1cc(Nc2nn(CC3CC3)c3cc[nH]c(=O)c23)ccc1C(=O)N1CCC[C@H]1C(F)(F)F. The standard InChI is InChI=1S/C23H24F3N5O2/c1-13-11-15(6-7-16(13)22(33)30-10-2-3-18(30)23(24,25)26)28-20-19-17(8-9-27-21(19)32)31(29-20)12-14-4-5-14/h6-9,11,14,18H,2-5,10,12H2,1H3,(H,27,32)(H,28,29)/t18-/m0/s1. The Labute approximate surface area is 187 Å². The highest BCUT2D eigenvalue weighted by atomic mass is 19.4. The second kappa shape index (κ2) is 7.93. The normalized spacial score (nSPS) is 18.8. The number of rotatable bonds is 5. The summed E-state index contributed by atoms with van der Waals surface area (Å²) >= 11 is 0. The molecule has 5 rings (SSSR count). The molecule has 1 saturated carbocycles. The number of pyridine rings is 1. The summed E-state index contributed by atoms with van der Waals surface area (Å²) in [5.74, 6) is 0.357. The summed E-state index contributed by atoms with van der Waals surface area (Å²) in [4.78, 5) is 28.9. The number of hydrogen-bond acceptors (Lipinski definition) is 4. The first-order chi connectivity index (χ1) is 15.7. The molecule has 1 aliphatic carbocycles. The molecule has 10 heteroatoms. The van der Waals surface area contributed by atoms with Crippen LogP contribution in [0, 0.1) is 12.8 Å². The average Bonchev–Trinajstić information content (AvgIpc) is 3.29. The number of anilines is 2. The van der Waals surface area contributed by atoms with Crippen molar-refractivity contribution < 1.29 is 18.0 Å². The Morgan fingerprint density at radius 3 is 2.73 bits per heavy atom. The molecular weight excluding hydrogens is 435 g/mol. The summed E-state index contributed by atoms with van der Waals surface area (Å²) in [5, 5.41) is 8.20. The monoisotopic (exact) mass is 459 g/mol. The molecule has 0 radical (unpaired) electrons. The van der Waals surface area contributed by atoms with Crippen LogP contribution in [0.5, 0.6) is 0 Å². The molecule has 0 bridgehead atoms. The Morgan fingerprint density at radius 2 is 2.03 bits per heavy atom. The molecule has 0 spiro atoms. The Morgan fingerprint density at radius 1 is 1.24 bits per heavy atom. The molecule has 2 aliphatic rings. The van der Waals surface area contributed by atoms with Gasteiger partial charge in [-0.05, 0) is 68.4 Å². The summed E-state index contributed by atoms with van der Waals surface area (Å²) in [6, 6.07) is 4.92. The van der Waals surface area contributed by atoms with Gasteiger partial charge in [0.2, 0.25) is 0 Å².